The van der Waals surface area contributed by atoms with Gasteiger partial charge in [0.1, 0.15) is 34.6 Å². The van der Waals surface area contributed by atoms with Crippen LogP contribution in [0, 0.1) is 37.1 Å². The van der Waals surface area contributed by atoms with Crippen molar-refractivity contribution in [2.24, 2.45) is 5.73 Å². The van der Waals surface area contributed by atoms with Gasteiger partial charge in [0, 0.05) is 70.3 Å². The zero-order valence-electron chi connectivity index (χ0n) is 49.3. The van der Waals surface area contributed by atoms with Crippen LogP contribution in [0.3, 0.4) is 0 Å². The maximum atomic E-state index is 15.0. The lowest BCUT2D eigenvalue weighted by molar-refractivity contribution is 0.0934. The Morgan fingerprint density at radius 3 is 1.51 bits per heavy atom. The topological polar surface area (TPSA) is 236 Å². The first-order valence-electron chi connectivity index (χ1n) is 28.4. The van der Waals surface area contributed by atoms with Crippen molar-refractivity contribution in [1.29, 1.82) is 0 Å². The molecule has 6 aromatic rings. The summed E-state index contributed by atoms with van der Waals surface area (Å²) >= 11 is 0. The summed E-state index contributed by atoms with van der Waals surface area (Å²) in [5, 5.41) is 14.2. The number of likely N-dealkylation sites (tertiary alicyclic amines) is 2. The predicted molar refractivity (Wildman–Crippen MR) is 321 cm³/mol. The maximum absolute atomic E-state index is 15.0. The van der Waals surface area contributed by atoms with Gasteiger partial charge in [0.15, 0.2) is 11.6 Å². The average Bonchev–Trinajstić information content (AvgIpc) is 1.99. The molecule has 2 saturated heterocycles. The fraction of sp³-hybridized carbons (Fsp3) is 0.410. The molecule has 0 aliphatic carbocycles. The maximum Gasteiger partial charge on any atom is 0.328 e. The molecule has 3 unspecified atom stereocenters. The molecule has 0 saturated carbocycles. The predicted octanol–water partition coefficient (Wildman–Crippen LogP) is 9.52. The van der Waals surface area contributed by atoms with Crippen LogP contribution in [0.25, 0.3) is 22.5 Å². The third-order valence-electron chi connectivity index (χ3n) is 15.1. The fourth-order valence-electron chi connectivity index (χ4n) is 10.7. The molecule has 19 nitrogen and oxygen atoms in total. The van der Waals surface area contributed by atoms with E-state index in [0.717, 1.165) is 83.6 Å². The molecule has 7 N–H and O–H groups in total. The van der Waals surface area contributed by atoms with Gasteiger partial charge < -0.3 is 42.1 Å². The lowest BCUT2D eigenvalue weighted by atomic mass is 9.97. The number of anilines is 5. The molecule has 0 radical (unpaired) electrons. The van der Waals surface area contributed by atoms with Crippen molar-refractivity contribution < 1.29 is 40.9 Å². The van der Waals surface area contributed by atoms with Crippen LogP contribution in [0.5, 0.6) is 0 Å². The highest BCUT2D eigenvalue weighted by Crippen LogP contribution is 2.41. The van der Waals surface area contributed by atoms with Gasteiger partial charge in [-0.25, -0.2) is 51.9 Å². The average molecular weight is 1190 g/mol. The molecule has 452 valence electrons. The number of hydrogen-bond donors (Lipinski definition) is 6. The standard InChI is InChI=1S/C30H35F2N7O2.C24H23F2N5O3S.C7H16N2/c1-17(2)35-28(40)19-11-10-18(3)21(15-19)25-22-16-34-30(41)39(26-23(31)8-5-9-24(26)32)27(22)37-29(36-25)33-13-12-20-7-6-14-38(20)4;1-12(2)28-22(32)14-9-8-13(3)15(10-14)19-16-11-27-24(33)31(20-17(25)6-5-7-18(20)26)21(16)30-23(29-19)35(4)34;1-9-6-2-3-7(9)4-5-8/h5,8-11,15,17,20H,6-7,12-14,16H2,1-4H3,(H,34,41)(H,35,40)(H,33,36,37);5-10,12H,11H2,1-4H3,(H,27,33)(H,28,32);7H,2-6,8H2,1H3. The van der Waals surface area contributed by atoms with Crippen molar-refractivity contribution in [3.05, 3.63) is 129 Å². The number of urea groups is 2. The summed E-state index contributed by atoms with van der Waals surface area (Å²) in [4.78, 5) is 76.0. The van der Waals surface area contributed by atoms with Crippen LogP contribution in [-0.2, 0) is 23.9 Å². The van der Waals surface area contributed by atoms with E-state index < -0.39 is 57.5 Å². The van der Waals surface area contributed by atoms with Crippen molar-refractivity contribution in [2.45, 2.75) is 122 Å². The number of carbonyl (C=O) groups excluding carboxylic acids is 4. The second-order valence-corrected chi connectivity index (χ2v) is 23.4. The molecule has 3 atom stereocenters. The molecule has 4 aliphatic heterocycles. The van der Waals surface area contributed by atoms with E-state index in [4.69, 9.17) is 10.7 Å². The number of fused-ring (bicyclic) bond motifs is 2. The minimum Gasteiger partial charge on any atom is -0.354 e. The minimum atomic E-state index is -1.68. The van der Waals surface area contributed by atoms with Crippen LogP contribution in [0.1, 0.15) is 109 Å². The summed E-state index contributed by atoms with van der Waals surface area (Å²) in [5.41, 5.74) is 9.55. The van der Waals surface area contributed by atoms with Gasteiger partial charge in [-0.1, -0.05) is 24.3 Å². The van der Waals surface area contributed by atoms with Crippen LogP contribution in [0.2, 0.25) is 0 Å². The van der Waals surface area contributed by atoms with Crippen molar-refractivity contribution in [3.63, 3.8) is 0 Å². The molecule has 6 amide bonds. The van der Waals surface area contributed by atoms with E-state index in [-0.39, 0.29) is 59.7 Å². The number of aromatic nitrogens is 4. The quantitative estimate of drug-likeness (QED) is 0.0416. The van der Waals surface area contributed by atoms with Gasteiger partial charge in [-0.3, -0.25) is 13.8 Å². The first-order chi connectivity index (χ1) is 40.6. The number of carbonyl (C=O) groups is 4. The Morgan fingerprint density at radius 2 is 1.09 bits per heavy atom. The monoisotopic (exact) mass is 1190 g/mol. The number of nitrogens with two attached hydrogens (primary N) is 1. The number of nitrogens with one attached hydrogen (secondary N) is 5. The summed E-state index contributed by atoms with van der Waals surface area (Å²) in [6.45, 7) is 14.9. The van der Waals surface area contributed by atoms with Crippen LogP contribution >= 0.6 is 0 Å². The number of hydrogen-bond acceptors (Lipinski definition) is 13. The Bertz CT molecular complexity index is 3460. The van der Waals surface area contributed by atoms with E-state index in [9.17, 15) is 40.9 Å². The van der Waals surface area contributed by atoms with Gasteiger partial charge in [0.2, 0.25) is 11.1 Å². The summed E-state index contributed by atoms with van der Waals surface area (Å²) in [7, 11) is 2.61. The Hall–Kier alpha value is -7.93. The van der Waals surface area contributed by atoms with Crippen LogP contribution in [0.15, 0.2) is 78.0 Å². The third-order valence-corrected chi connectivity index (χ3v) is 15.8. The molecule has 2 fully saturated rings. The van der Waals surface area contributed by atoms with E-state index in [1.807, 2.05) is 47.6 Å². The molecule has 2 aromatic heterocycles. The van der Waals surface area contributed by atoms with Crippen molar-refractivity contribution in [3.8, 4) is 22.5 Å². The van der Waals surface area contributed by atoms with E-state index >= 15 is 0 Å². The van der Waals surface area contributed by atoms with Crippen molar-refractivity contribution in [1.82, 2.24) is 51.0 Å². The highest BCUT2D eigenvalue weighted by molar-refractivity contribution is 7.84. The number of aryl methyl sites for hydroxylation is 2. The molecule has 85 heavy (non-hydrogen) atoms. The first kappa shape index (κ1) is 63.1. The van der Waals surface area contributed by atoms with Crippen molar-refractivity contribution in [2.75, 3.05) is 61.6 Å². The second-order valence-electron chi connectivity index (χ2n) is 22.1. The number of benzene rings is 4. The van der Waals surface area contributed by atoms with Crippen LogP contribution in [-0.4, -0.2) is 129 Å². The van der Waals surface area contributed by atoms with Crippen molar-refractivity contribution >= 4 is 63.6 Å². The third kappa shape index (κ3) is 14.6. The Kier molecular flexibility index (Phi) is 20.7. The molecule has 4 aromatic carbocycles. The molecular formula is C61H74F4N14O5S. The largest absolute Gasteiger partial charge is 0.354 e. The van der Waals surface area contributed by atoms with Crippen LogP contribution < -0.4 is 42.1 Å². The number of para-hydroxylation sites is 2. The zero-order valence-corrected chi connectivity index (χ0v) is 50.2. The molecular weight excluding hydrogens is 1120 g/mol. The normalized spacial score (nSPS) is 17.0. The summed E-state index contributed by atoms with van der Waals surface area (Å²) in [6, 6.07) is 16.7. The molecule has 0 spiro atoms. The van der Waals surface area contributed by atoms with Gasteiger partial charge in [-0.2, -0.15) is 4.98 Å². The Balaban J connectivity index is 0.000000194. The summed E-state index contributed by atoms with van der Waals surface area (Å²) < 4.78 is 71.7. The molecule has 24 heteroatoms. The van der Waals surface area contributed by atoms with E-state index in [1.54, 1.807) is 30.3 Å². The van der Waals surface area contributed by atoms with Gasteiger partial charge in [0.25, 0.3) is 11.8 Å². The minimum absolute atomic E-state index is 0.0332. The lowest BCUT2D eigenvalue weighted by Gasteiger charge is -2.31. The van der Waals surface area contributed by atoms with E-state index in [2.05, 4.69) is 65.4 Å². The molecule has 10 rings (SSSR count). The Labute approximate surface area is 495 Å². The second kappa shape index (κ2) is 27.8. The Morgan fingerprint density at radius 1 is 0.659 bits per heavy atom. The summed E-state index contributed by atoms with van der Waals surface area (Å²) in [5.74, 6) is -3.99. The number of rotatable bonds is 15. The molecule has 6 heterocycles. The SMILES string of the molecule is CN1CCCC1CCN.Cc1ccc(C(=O)NC(C)C)cc1-c1nc(NCCC2CCCN2C)nc2c1CNC(=O)N2c1c(F)cccc1F.Cc1ccc(C(=O)NC(C)C)cc1-c1nc(S(C)=O)nc2c1CNC(=O)N2c1c(F)cccc1F. The van der Waals surface area contributed by atoms with Gasteiger partial charge in [-0.05, 0) is 173 Å². The highest BCUT2D eigenvalue weighted by atomic mass is 32.2. The van der Waals surface area contributed by atoms with Crippen LogP contribution in [0.4, 0.5) is 56.1 Å². The number of halogens is 4. The fourth-order valence-corrected chi connectivity index (χ4v) is 11.2. The van der Waals surface area contributed by atoms with Gasteiger partial charge >= 0.3 is 12.1 Å². The lowest BCUT2D eigenvalue weighted by Crippen LogP contribution is -2.43. The van der Waals surface area contributed by atoms with E-state index in [0.29, 0.717) is 57.4 Å². The molecule has 0 bridgehead atoms. The summed E-state index contributed by atoms with van der Waals surface area (Å²) in [6.07, 6.45) is 8.38. The first-order valence-corrected chi connectivity index (χ1v) is 30.0. The van der Waals surface area contributed by atoms with Gasteiger partial charge in [-0.15, -0.1) is 0 Å². The smallest absolute Gasteiger partial charge is 0.328 e. The highest BCUT2D eigenvalue weighted by Gasteiger charge is 2.37. The van der Waals surface area contributed by atoms with Gasteiger partial charge in [0.05, 0.1) is 35.3 Å². The molecule has 4 aliphatic rings. The number of nitrogens with zero attached hydrogens (tertiary/aromatic N) is 8. The van der Waals surface area contributed by atoms with E-state index in [1.165, 1.54) is 44.2 Å². The number of amides is 6. The zero-order chi connectivity index (χ0) is 61.4.